The first-order valence-corrected chi connectivity index (χ1v) is 4.99. The highest BCUT2D eigenvalue weighted by Gasteiger charge is 2.63. The van der Waals surface area contributed by atoms with Crippen LogP contribution in [0.15, 0.2) is 12.1 Å². The third-order valence-corrected chi connectivity index (χ3v) is 2.75. The van der Waals surface area contributed by atoms with Crippen molar-refractivity contribution in [2.24, 2.45) is 0 Å². The minimum atomic E-state index is -4.30. The molecule has 88 valence electrons. The first kappa shape index (κ1) is 11.3. The van der Waals surface area contributed by atoms with E-state index in [0.29, 0.717) is 0 Å². The lowest BCUT2D eigenvalue weighted by Gasteiger charge is -2.22. The molecular weight excluding hydrogens is 243 g/mol. The van der Waals surface area contributed by atoms with Crippen molar-refractivity contribution in [1.29, 1.82) is 0 Å². The van der Waals surface area contributed by atoms with Gasteiger partial charge in [-0.05, 0) is 25.0 Å². The number of hydrogen-bond acceptors (Lipinski definition) is 3. The smallest absolute Gasteiger partial charge is 0.396 e. The maximum Gasteiger partial charge on any atom is 0.411 e. The number of alkyl halides is 3. The monoisotopic (exact) mass is 251 g/mol. The van der Waals surface area contributed by atoms with Crippen LogP contribution in [0.2, 0.25) is 5.15 Å². The zero-order chi connectivity index (χ0) is 12.0. The van der Waals surface area contributed by atoms with Crippen LogP contribution in [0, 0.1) is 0 Å². The van der Waals surface area contributed by atoms with E-state index in [1.54, 1.807) is 0 Å². The van der Waals surface area contributed by atoms with Crippen LogP contribution in [0.1, 0.15) is 12.8 Å². The number of nitrogen functional groups attached to an aromatic ring is 1. The minimum Gasteiger partial charge on any atom is -0.396 e. The maximum atomic E-state index is 12.6. The molecule has 1 saturated carbocycles. The Morgan fingerprint density at radius 2 is 2.00 bits per heavy atom. The first-order chi connectivity index (χ1) is 7.34. The van der Waals surface area contributed by atoms with Crippen LogP contribution in [-0.2, 0) is 0 Å². The van der Waals surface area contributed by atoms with Crippen molar-refractivity contribution in [3.8, 4) is 0 Å². The summed E-state index contributed by atoms with van der Waals surface area (Å²) in [6, 6.07) is 2.85. The third-order valence-electron chi connectivity index (χ3n) is 2.54. The molecule has 1 aliphatic rings. The van der Waals surface area contributed by atoms with Gasteiger partial charge in [-0.2, -0.15) is 13.2 Å². The van der Waals surface area contributed by atoms with Gasteiger partial charge in [0.25, 0.3) is 0 Å². The van der Waals surface area contributed by atoms with Gasteiger partial charge < -0.3 is 11.1 Å². The van der Waals surface area contributed by atoms with E-state index in [1.807, 2.05) is 0 Å². The molecule has 7 heteroatoms. The Morgan fingerprint density at radius 1 is 1.38 bits per heavy atom. The van der Waals surface area contributed by atoms with Gasteiger partial charge in [0.1, 0.15) is 10.7 Å². The maximum absolute atomic E-state index is 12.6. The fraction of sp³-hybridized carbons (Fsp3) is 0.444. The van der Waals surface area contributed by atoms with Crippen LogP contribution in [0.3, 0.4) is 0 Å². The summed E-state index contributed by atoms with van der Waals surface area (Å²) in [7, 11) is 0. The highest BCUT2D eigenvalue weighted by Crippen LogP contribution is 2.51. The third kappa shape index (κ3) is 1.89. The van der Waals surface area contributed by atoms with Crippen molar-refractivity contribution in [3.63, 3.8) is 0 Å². The molecule has 3 nitrogen and oxygen atoms in total. The predicted octanol–water partition coefficient (Wildman–Crippen LogP) is 2.82. The molecule has 3 N–H and O–H groups in total. The standard InChI is InChI=1S/C9H9ClF3N3/c10-6-2-1-5(14)7(15-6)16-8(3-4-8)9(11,12)13/h1-2H,3-4,14H2,(H,15,16). The molecule has 1 fully saturated rings. The summed E-state index contributed by atoms with van der Waals surface area (Å²) in [5, 5.41) is 2.44. The fourth-order valence-corrected chi connectivity index (χ4v) is 1.52. The molecular formula is C9H9ClF3N3. The Morgan fingerprint density at radius 3 is 2.50 bits per heavy atom. The summed E-state index contributed by atoms with van der Waals surface area (Å²) in [6.07, 6.45) is -4.24. The zero-order valence-electron chi connectivity index (χ0n) is 8.11. The van der Waals surface area contributed by atoms with Crippen molar-refractivity contribution in [1.82, 2.24) is 4.98 Å². The number of nitrogens with one attached hydrogen (secondary N) is 1. The van der Waals surface area contributed by atoms with Crippen LogP contribution in [0.5, 0.6) is 0 Å². The Kier molecular flexibility index (Phi) is 2.41. The molecule has 0 spiro atoms. The van der Waals surface area contributed by atoms with Crippen molar-refractivity contribution >= 4 is 23.1 Å². The second-order valence-corrected chi connectivity index (χ2v) is 4.16. The number of rotatable bonds is 2. The van der Waals surface area contributed by atoms with Gasteiger partial charge in [-0.3, -0.25) is 0 Å². The summed E-state index contributed by atoms with van der Waals surface area (Å²) in [4.78, 5) is 3.74. The second-order valence-electron chi connectivity index (χ2n) is 3.78. The number of nitrogens with two attached hydrogens (primary N) is 1. The topological polar surface area (TPSA) is 50.9 Å². The number of halogens is 4. The van der Waals surface area contributed by atoms with Crippen LogP contribution in [-0.4, -0.2) is 16.7 Å². The Labute approximate surface area is 94.8 Å². The molecule has 2 rings (SSSR count). The average Bonchev–Trinajstić information content (AvgIpc) is 2.91. The molecule has 0 saturated heterocycles. The second kappa shape index (κ2) is 3.41. The number of hydrogen-bond donors (Lipinski definition) is 2. The van der Waals surface area contributed by atoms with E-state index in [0.717, 1.165) is 0 Å². The van der Waals surface area contributed by atoms with Gasteiger partial charge in [0, 0.05) is 0 Å². The molecule has 0 amide bonds. The van der Waals surface area contributed by atoms with Crippen molar-refractivity contribution in [2.75, 3.05) is 11.1 Å². The van der Waals surface area contributed by atoms with E-state index in [9.17, 15) is 13.2 Å². The number of aromatic nitrogens is 1. The molecule has 0 bridgehead atoms. The van der Waals surface area contributed by atoms with E-state index in [-0.39, 0.29) is 29.5 Å². The van der Waals surface area contributed by atoms with E-state index < -0.39 is 11.7 Å². The van der Waals surface area contributed by atoms with Gasteiger partial charge in [0.15, 0.2) is 5.82 Å². The van der Waals surface area contributed by atoms with Gasteiger partial charge in [0.2, 0.25) is 0 Å². The fourth-order valence-electron chi connectivity index (χ4n) is 1.38. The van der Waals surface area contributed by atoms with Crippen LogP contribution < -0.4 is 11.1 Å². The zero-order valence-corrected chi connectivity index (χ0v) is 8.86. The van der Waals surface area contributed by atoms with Gasteiger partial charge in [-0.1, -0.05) is 11.6 Å². The molecule has 16 heavy (non-hydrogen) atoms. The van der Waals surface area contributed by atoms with Crippen LogP contribution >= 0.6 is 11.6 Å². The van der Waals surface area contributed by atoms with Crippen LogP contribution in [0.4, 0.5) is 24.7 Å². The predicted molar refractivity (Wildman–Crippen MR) is 55.3 cm³/mol. The van der Waals surface area contributed by atoms with Gasteiger partial charge in [-0.25, -0.2) is 4.98 Å². The average molecular weight is 252 g/mol. The Bertz CT molecular complexity index is 415. The molecule has 1 aliphatic carbocycles. The van der Waals surface area contributed by atoms with Crippen molar-refractivity contribution in [2.45, 2.75) is 24.6 Å². The molecule has 0 atom stereocenters. The SMILES string of the molecule is Nc1ccc(Cl)nc1NC1(C(F)(F)F)CC1. The Hall–Kier alpha value is -1.17. The molecule has 0 aromatic carbocycles. The molecule has 0 aliphatic heterocycles. The molecule has 1 heterocycles. The first-order valence-electron chi connectivity index (χ1n) is 4.61. The van der Waals surface area contributed by atoms with E-state index in [1.165, 1.54) is 12.1 Å². The molecule has 0 unspecified atom stereocenters. The molecule has 0 radical (unpaired) electrons. The number of pyridine rings is 1. The Balaban J connectivity index is 2.25. The summed E-state index contributed by atoms with van der Waals surface area (Å²) in [5.41, 5.74) is 3.79. The van der Waals surface area contributed by atoms with Crippen molar-refractivity contribution in [3.05, 3.63) is 17.3 Å². The van der Waals surface area contributed by atoms with E-state index >= 15 is 0 Å². The summed E-state index contributed by atoms with van der Waals surface area (Å²) < 4.78 is 37.9. The minimum absolute atomic E-state index is 0.0117. The molecule has 1 aromatic rings. The summed E-state index contributed by atoms with van der Waals surface area (Å²) in [6.45, 7) is 0. The van der Waals surface area contributed by atoms with Gasteiger partial charge in [-0.15, -0.1) is 0 Å². The summed E-state index contributed by atoms with van der Waals surface area (Å²) in [5.74, 6) is -0.0117. The summed E-state index contributed by atoms with van der Waals surface area (Å²) >= 11 is 5.59. The highest BCUT2D eigenvalue weighted by molar-refractivity contribution is 6.29. The number of anilines is 2. The number of nitrogens with zero attached hydrogens (tertiary/aromatic N) is 1. The van der Waals surface area contributed by atoms with Crippen LogP contribution in [0.25, 0.3) is 0 Å². The van der Waals surface area contributed by atoms with Gasteiger partial charge in [0.05, 0.1) is 5.69 Å². The lowest BCUT2D eigenvalue weighted by Crippen LogP contribution is -2.39. The normalized spacial score (nSPS) is 18.2. The highest BCUT2D eigenvalue weighted by atomic mass is 35.5. The molecule has 1 aromatic heterocycles. The lowest BCUT2D eigenvalue weighted by atomic mass is 10.2. The van der Waals surface area contributed by atoms with Gasteiger partial charge >= 0.3 is 6.18 Å². The lowest BCUT2D eigenvalue weighted by molar-refractivity contribution is -0.151. The quantitative estimate of drug-likeness (QED) is 0.795. The largest absolute Gasteiger partial charge is 0.411 e. The van der Waals surface area contributed by atoms with Crippen molar-refractivity contribution < 1.29 is 13.2 Å². The van der Waals surface area contributed by atoms with E-state index in [2.05, 4.69) is 10.3 Å². The van der Waals surface area contributed by atoms with E-state index in [4.69, 9.17) is 17.3 Å².